The predicted molar refractivity (Wildman–Crippen MR) is 111 cm³/mol. The Bertz CT molecular complexity index is 1230. The Morgan fingerprint density at radius 2 is 1.78 bits per heavy atom. The Labute approximate surface area is 182 Å². The molecular weight excluding hydrogens is 418 g/mol. The van der Waals surface area contributed by atoms with Gasteiger partial charge in [-0.2, -0.15) is 0 Å². The molecule has 2 heterocycles. The number of carbonyl (C=O) groups is 2. The summed E-state index contributed by atoms with van der Waals surface area (Å²) in [5.74, 6) is -3.94. The summed E-state index contributed by atoms with van der Waals surface area (Å²) in [6.45, 7) is -0.0140. The number of pyridine rings is 1. The second-order valence-corrected chi connectivity index (χ2v) is 7.15. The van der Waals surface area contributed by atoms with E-state index in [1.807, 2.05) is 0 Å². The van der Waals surface area contributed by atoms with Crippen LogP contribution in [0.5, 0.6) is 5.75 Å². The zero-order valence-electron chi connectivity index (χ0n) is 17.0. The number of ketones is 1. The maximum atomic E-state index is 14.8. The standard InChI is InChI=1S/C24H18F2N2O4/c1-32-19-7-6-15(12-18(19)26)22(29)20-21(16-4-2-3-5-17(16)25)28(24(31)23(20)30)13-14-8-10-27-11-9-14/h2-12,21,29H,13H2,1H3/t21-/m1/s1. The molecule has 0 aliphatic carbocycles. The van der Waals surface area contributed by atoms with Crippen molar-refractivity contribution in [3.8, 4) is 5.75 Å². The van der Waals surface area contributed by atoms with Crippen LogP contribution >= 0.6 is 0 Å². The van der Waals surface area contributed by atoms with Crippen molar-refractivity contribution >= 4 is 17.4 Å². The van der Waals surface area contributed by atoms with E-state index in [0.29, 0.717) is 5.56 Å². The van der Waals surface area contributed by atoms with Gasteiger partial charge in [-0.15, -0.1) is 0 Å². The number of methoxy groups -OCH3 is 1. The molecular formula is C24H18F2N2O4. The summed E-state index contributed by atoms with van der Waals surface area (Å²) in [4.78, 5) is 31.0. The summed E-state index contributed by atoms with van der Waals surface area (Å²) in [5.41, 5.74) is 0.347. The predicted octanol–water partition coefficient (Wildman–Crippen LogP) is 3.99. The largest absolute Gasteiger partial charge is 0.507 e. The molecule has 0 bridgehead atoms. The molecule has 4 rings (SSSR count). The van der Waals surface area contributed by atoms with Crippen molar-refractivity contribution in [3.05, 3.63) is 101 Å². The van der Waals surface area contributed by atoms with Crippen molar-refractivity contribution in [2.75, 3.05) is 7.11 Å². The third-order valence-electron chi connectivity index (χ3n) is 5.27. The summed E-state index contributed by atoms with van der Waals surface area (Å²) >= 11 is 0. The molecule has 1 aromatic heterocycles. The summed E-state index contributed by atoms with van der Waals surface area (Å²) in [7, 11) is 1.29. The van der Waals surface area contributed by atoms with E-state index >= 15 is 0 Å². The Hall–Kier alpha value is -4.07. The molecule has 1 N–H and O–H groups in total. The van der Waals surface area contributed by atoms with Crippen LogP contribution in [0.15, 0.2) is 72.6 Å². The number of aliphatic hydroxyl groups is 1. The summed E-state index contributed by atoms with van der Waals surface area (Å²) < 4.78 is 33.9. The van der Waals surface area contributed by atoms with E-state index in [2.05, 4.69) is 4.98 Å². The number of benzene rings is 2. The minimum absolute atomic E-state index is 0.0140. The van der Waals surface area contributed by atoms with Crippen molar-refractivity contribution in [1.29, 1.82) is 0 Å². The highest BCUT2D eigenvalue weighted by Crippen LogP contribution is 2.41. The highest BCUT2D eigenvalue weighted by Gasteiger charge is 2.47. The van der Waals surface area contributed by atoms with Gasteiger partial charge in [-0.1, -0.05) is 18.2 Å². The van der Waals surface area contributed by atoms with Crippen molar-refractivity contribution < 1.29 is 28.2 Å². The Kier molecular flexibility index (Phi) is 5.68. The highest BCUT2D eigenvalue weighted by molar-refractivity contribution is 6.46. The van der Waals surface area contributed by atoms with E-state index in [1.54, 1.807) is 18.2 Å². The zero-order chi connectivity index (χ0) is 22.8. The van der Waals surface area contributed by atoms with E-state index in [1.165, 1.54) is 54.7 Å². The summed E-state index contributed by atoms with van der Waals surface area (Å²) in [5, 5.41) is 10.9. The van der Waals surface area contributed by atoms with Gasteiger partial charge in [-0.05, 0) is 42.0 Å². The smallest absolute Gasteiger partial charge is 0.295 e. The molecule has 0 saturated carbocycles. The van der Waals surface area contributed by atoms with Crippen LogP contribution in [0, 0.1) is 11.6 Å². The minimum atomic E-state index is -1.20. The van der Waals surface area contributed by atoms with Crippen LogP contribution in [0.3, 0.4) is 0 Å². The van der Waals surface area contributed by atoms with Gasteiger partial charge in [0.15, 0.2) is 11.6 Å². The molecule has 6 nitrogen and oxygen atoms in total. The lowest BCUT2D eigenvalue weighted by Gasteiger charge is -2.25. The first-order chi connectivity index (χ1) is 15.4. The van der Waals surface area contributed by atoms with Crippen LogP contribution in [-0.2, 0) is 16.1 Å². The fourth-order valence-electron chi connectivity index (χ4n) is 3.72. The van der Waals surface area contributed by atoms with Crippen molar-refractivity contribution in [2.24, 2.45) is 0 Å². The molecule has 2 aromatic carbocycles. The first kappa shape index (κ1) is 21.2. The lowest BCUT2D eigenvalue weighted by atomic mass is 9.94. The zero-order valence-corrected chi connectivity index (χ0v) is 17.0. The van der Waals surface area contributed by atoms with Crippen LogP contribution < -0.4 is 4.74 Å². The number of hydrogen-bond donors (Lipinski definition) is 1. The average molecular weight is 436 g/mol. The number of rotatable bonds is 5. The van der Waals surface area contributed by atoms with Gasteiger partial charge in [0, 0.05) is 30.1 Å². The van der Waals surface area contributed by atoms with Crippen LogP contribution in [0.2, 0.25) is 0 Å². The van der Waals surface area contributed by atoms with Crippen molar-refractivity contribution in [3.63, 3.8) is 0 Å². The molecule has 1 saturated heterocycles. The Morgan fingerprint density at radius 1 is 1.06 bits per heavy atom. The number of hydrogen-bond acceptors (Lipinski definition) is 5. The fourth-order valence-corrected chi connectivity index (χ4v) is 3.72. The molecule has 1 amide bonds. The van der Waals surface area contributed by atoms with Crippen LogP contribution in [-0.4, -0.2) is 33.8 Å². The molecule has 0 spiro atoms. The second-order valence-electron chi connectivity index (χ2n) is 7.15. The van der Waals surface area contributed by atoms with Gasteiger partial charge in [0.05, 0.1) is 18.7 Å². The van der Waals surface area contributed by atoms with Gasteiger partial charge in [0.25, 0.3) is 11.7 Å². The number of carbonyl (C=O) groups excluding carboxylic acids is 2. The molecule has 1 atom stereocenters. The molecule has 1 aliphatic heterocycles. The van der Waals surface area contributed by atoms with Crippen LogP contribution in [0.25, 0.3) is 5.76 Å². The number of aliphatic hydroxyl groups excluding tert-OH is 1. The van der Waals surface area contributed by atoms with Gasteiger partial charge in [-0.3, -0.25) is 14.6 Å². The topological polar surface area (TPSA) is 79.7 Å². The van der Waals surface area contributed by atoms with Crippen molar-refractivity contribution in [1.82, 2.24) is 9.88 Å². The minimum Gasteiger partial charge on any atom is -0.507 e. The average Bonchev–Trinajstić information content (AvgIpc) is 3.04. The Balaban J connectivity index is 1.89. The quantitative estimate of drug-likeness (QED) is 0.372. The normalized spacial score (nSPS) is 17.6. The molecule has 3 aromatic rings. The molecule has 0 radical (unpaired) electrons. The van der Waals surface area contributed by atoms with Gasteiger partial charge in [0.1, 0.15) is 11.6 Å². The number of aromatic nitrogens is 1. The lowest BCUT2D eigenvalue weighted by molar-refractivity contribution is -0.140. The van der Waals surface area contributed by atoms with Gasteiger partial charge in [-0.25, -0.2) is 8.78 Å². The number of amides is 1. The van der Waals surface area contributed by atoms with Crippen LogP contribution in [0.4, 0.5) is 8.78 Å². The third kappa shape index (κ3) is 3.71. The molecule has 162 valence electrons. The Morgan fingerprint density at radius 3 is 2.44 bits per heavy atom. The number of likely N-dealkylation sites (tertiary alicyclic amines) is 1. The molecule has 32 heavy (non-hydrogen) atoms. The first-order valence-corrected chi connectivity index (χ1v) is 9.68. The second kappa shape index (κ2) is 8.58. The summed E-state index contributed by atoms with van der Waals surface area (Å²) in [6, 6.07) is 11.4. The highest BCUT2D eigenvalue weighted by atomic mass is 19.1. The fraction of sp³-hybridized carbons (Fsp3) is 0.125. The number of Topliss-reactive ketones (excluding diaryl/α,β-unsaturated/α-hetero) is 1. The van der Waals surface area contributed by atoms with E-state index in [0.717, 1.165) is 6.07 Å². The lowest BCUT2D eigenvalue weighted by Crippen LogP contribution is -2.29. The van der Waals surface area contributed by atoms with E-state index < -0.39 is 35.1 Å². The van der Waals surface area contributed by atoms with Gasteiger partial charge in [0.2, 0.25) is 0 Å². The monoisotopic (exact) mass is 436 g/mol. The van der Waals surface area contributed by atoms with Gasteiger partial charge < -0.3 is 14.7 Å². The van der Waals surface area contributed by atoms with E-state index in [-0.39, 0.29) is 29.0 Å². The maximum absolute atomic E-state index is 14.8. The maximum Gasteiger partial charge on any atom is 0.295 e. The molecule has 8 heteroatoms. The molecule has 0 unspecified atom stereocenters. The number of ether oxygens (including phenoxy) is 1. The molecule has 1 fully saturated rings. The number of halogens is 2. The third-order valence-corrected chi connectivity index (χ3v) is 5.27. The summed E-state index contributed by atoms with van der Waals surface area (Å²) in [6.07, 6.45) is 3.06. The number of nitrogens with zero attached hydrogens (tertiary/aromatic N) is 2. The van der Waals surface area contributed by atoms with Crippen molar-refractivity contribution in [2.45, 2.75) is 12.6 Å². The SMILES string of the molecule is COc1ccc(C(O)=C2C(=O)C(=O)N(Cc3ccncc3)[C@@H]2c2ccccc2F)cc1F. The van der Waals surface area contributed by atoms with E-state index in [9.17, 15) is 23.5 Å². The van der Waals surface area contributed by atoms with Gasteiger partial charge >= 0.3 is 0 Å². The van der Waals surface area contributed by atoms with Crippen LogP contribution in [0.1, 0.15) is 22.7 Å². The first-order valence-electron chi connectivity index (χ1n) is 9.68. The molecule has 1 aliphatic rings. The van der Waals surface area contributed by atoms with E-state index in [4.69, 9.17) is 4.74 Å².